The predicted molar refractivity (Wildman–Crippen MR) is 257 cm³/mol. The van der Waals surface area contributed by atoms with Crippen LogP contribution in [0, 0.1) is 37.0 Å². The minimum absolute atomic E-state index is 0.0337. The summed E-state index contributed by atoms with van der Waals surface area (Å²) in [4.78, 5) is 79.9. The molecule has 0 unspecified atom stereocenters. The first-order valence-electron chi connectivity index (χ1n) is 23.7. The molecule has 16 nitrogen and oxygen atoms in total. The molecule has 4 atom stereocenters. The first-order valence-corrected chi connectivity index (χ1v) is 23.7. The first-order chi connectivity index (χ1) is 32.8. The van der Waals surface area contributed by atoms with Gasteiger partial charge < -0.3 is 42.0 Å². The van der Waals surface area contributed by atoms with Gasteiger partial charge in [-0.1, -0.05) is 25.5 Å². The number of carbonyl (C=O) groups excluding carboxylic acids is 5. The topological polar surface area (TPSA) is 265 Å². The molecule has 2 amide bonds. The van der Waals surface area contributed by atoms with E-state index in [2.05, 4.69) is 10.6 Å². The number of nitrogens with two attached hydrogens (primary N) is 3. The molecule has 1 aromatic heterocycles. The second kappa shape index (κ2) is 24.5. The van der Waals surface area contributed by atoms with E-state index >= 15 is 0 Å². The van der Waals surface area contributed by atoms with Gasteiger partial charge in [-0.15, -0.1) is 0 Å². The van der Waals surface area contributed by atoms with Crippen molar-refractivity contribution in [3.8, 4) is 45.8 Å². The zero-order chi connectivity index (χ0) is 48.7. The molecule has 1 fully saturated rings. The maximum atomic E-state index is 14.6. The lowest BCUT2D eigenvalue weighted by Crippen LogP contribution is -2.45. The number of Topliss-reactive ketones (excluding diaryl/α,β-unsaturated/α-hetero) is 3. The maximum absolute atomic E-state index is 14.6. The van der Waals surface area contributed by atoms with Gasteiger partial charge in [-0.2, -0.15) is 5.26 Å². The van der Waals surface area contributed by atoms with E-state index in [-0.39, 0.29) is 89.0 Å². The van der Waals surface area contributed by atoms with Crippen molar-refractivity contribution in [1.82, 2.24) is 20.6 Å². The second-order valence-corrected chi connectivity index (χ2v) is 17.7. The molecular weight excluding hydrogens is 865 g/mol. The molecule has 4 aromatic rings. The largest absolute Gasteiger partial charge is 0.492 e. The fourth-order valence-corrected chi connectivity index (χ4v) is 8.87. The Morgan fingerprint density at radius 1 is 0.853 bits per heavy atom. The highest BCUT2D eigenvalue weighted by Crippen LogP contribution is 2.40. The molecule has 1 aliphatic heterocycles. The van der Waals surface area contributed by atoms with Crippen LogP contribution in [0.5, 0.6) is 17.2 Å². The number of benzene rings is 3. The third-order valence-electron chi connectivity index (χ3n) is 12.4. The SMILES string of the molecule is Cc1nc(-c2ccc(OC3CCCCC3)cc2)nc(C)c1C(=O)C[C@@H](CCN)C(=O)N[C@@H]1C(=O)C[C@@H](C)C(=O)N[C@H](C(=O)CCC#N)Cc2ccc(OCCN)c(c2)-c2cc1ccc2OCCN. The fourth-order valence-electron chi connectivity index (χ4n) is 8.87. The van der Waals surface area contributed by atoms with Gasteiger partial charge in [0.05, 0.1) is 35.2 Å². The van der Waals surface area contributed by atoms with Crippen LogP contribution in [0.4, 0.5) is 0 Å². The van der Waals surface area contributed by atoms with Gasteiger partial charge in [-0.25, -0.2) is 9.97 Å². The molecule has 3 aromatic carbocycles. The highest BCUT2D eigenvalue weighted by molar-refractivity contribution is 6.01. The third kappa shape index (κ3) is 13.1. The summed E-state index contributed by atoms with van der Waals surface area (Å²) in [5.41, 5.74) is 21.8. The summed E-state index contributed by atoms with van der Waals surface area (Å²) < 4.78 is 18.4. The van der Waals surface area contributed by atoms with Crippen LogP contribution in [0.25, 0.3) is 22.5 Å². The molecule has 2 heterocycles. The zero-order valence-electron chi connectivity index (χ0n) is 39.3. The molecule has 4 bridgehead atoms. The summed E-state index contributed by atoms with van der Waals surface area (Å²) in [7, 11) is 0. The van der Waals surface area contributed by atoms with Crippen molar-refractivity contribution in [2.24, 2.45) is 29.0 Å². The number of aromatic nitrogens is 2. The molecule has 8 N–H and O–H groups in total. The highest BCUT2D eigenvalue weighted by atomic mass is 16.5. The van der Waals surface area contributed by atoms with Crippen molar-refractivity contribution in [1.29, 1.82) is 5.26 Å². The van der Waals surface area contributed by atoms with E-state index in [0.717, 1.165) is 24.2 Å². The van der Waals surface area contributed by atoms with Crippen LogP contribution >= 0.6 is 0 Å². The van der Waals surface area contributed by atoms with Crippen molar-refractivity contribution in [3.63, 3.8) is 0 Å². The number of hydrogen-bond acceptors (Lipinski definition) is 14. The second-order valence-electron chi connectivity index (χ2n) is 17.7. The lowest BCUT2D eigenvalue weighted by Gasteiger charge is -2.26. The van der Waals surface area contributed by atoms with Crippen LogP contribution in [-0.4, -0.2) is 84.1 Å². The molecule has 2 aliphatic rings. The summed E-state index contributed by atoms with van der Waals surface area (Å²) >= 11 is 0. The number of rotatable bonds is 19. The van der Waals surface area contributed by atoms with Gasteiger partial charge in [0, 0.05) is 67.3 Å². The minimum Gasteiger partial charge on any atom is -0.492 e. The van der Waals surface area contributed by atoms with Gasteiger partial charge in [-0.05, 0) is 119 Å². The van der Waals surface area contributed by atoms with E-state index in [1.165, 1.54) is 19.3 Å². The molecule has 6 rings (SSSR count). The summed E-state index contributed by atoms with van der Waals surface area (Å²) in [5.74, 6) is -2.12. The van der Waals surface area contributed by atoms with Crippen LogP contribution in [0.3, 0.4) is 0 Å². The molecule has 1 aliphatic carbocycles. The van der Waals surface area contributed by atoms with E-state index in [4.69, 9.17) is 41.4 Å². The molecule has 68 heavy (non-hydrogen) atoms. The Bertz CT molecular complexity index is 2460. The van der Waals surface area contributed by atoms with Crippen molar-refractivity contribution in [3.05, 3.63) is 88.7 Å². The van der Waals surface area contributed by atoms with E-state index in [9.17, 15) is 29.2 Å². The molecule has 0 radical (unpaired) electrons. The predicted octanol–water partition coefficient (Wildman–Crippen LogP) is 5.72. The summed E-state index contributed by atoms with van der Waals surface area (Å²) in [5, 5.41) is 15.0. The molecule has 0 saturated heterocycles. The van der Waals surface area contributed by atoms with Gasteiger partial charge in [0.1, 0.15) is 36.5 Å². The standard InChI is InChI=1S/C52H64N8O8/c1-31-26-45(63)49(36-14-18-47(67-25-23-56)41(29-36)40-27-34(11-17-46(40)66-24-22-55)28-42(59-51(31)64)43(61)10-7-20-53)60-52(65)37(19-21-54)30-44(62)48-32(2)57-50(58-33(48)3)35-12-15-39(16-13-35)68-38-8-5-4-6-9-38/h11-18,27,29,31,37-38,42,49H,4-10,19,21-26,28,30,54-56H2,1-3H3,(H,59,64)(H,60,65)/t31-,37-,42+,49+/m1/s1. The quantitative estimate of drug-likeness (QED) is 0.0705. The molecule has 1 saturated carbocycles. The highest BCUT2D eigenvalue weighted by Gasteiger charge is 2.33. The average molecular weight is 929 g/mol. The van der Waals surface area contributed by atoms with Crippen LogP contribution in [0.15, 0.2) is 60.7 Å². The minimum atomic E-state index is -1.30. The maximum Gasteiger partial charge on any atom is 0.224 e. The molecular formula is C52H64N8O8. The number of nitrogens with one attached hydrogen (secondary N) is 2. The Labute approximate surface area is 398 Å². The zero-order valence-corrected chi connectivity index (χ0v) is 39.3. The van der Waals surface area contributed by atoms with Crippen LogP contribution in [0.1, 0.15) is 110 Å². The monoisotopic (exact) mass is 928 g/mol. The number of carbonyl (C=O) groups is 5. The Hall–Kier alpha value is -6.54. The molecule has 0 spiro atoms. The number of ketones is 3. The number of fused-ring (bicyclic) bond motifs is 5. The van der Waals surface area contributed by atoms with Crippen molar-refractivity contribution < 1.29 is 38.2 Å². The van der Waals surface area contributed by atoms with Gasteiger partial charge in [-0.3, -0.25) is 24.0 Å². The Morgan fingerprint density at radius 2 is 1.50 bits per heavy atom. The smallest absolute Gasteiger partial charge is 0.224 e. The summed E-state index contributed by atoms with van der Waals surface area (Å²) in [6.07, 6.45) is 5.43. The Balaban J connectivity index is 1.31. The number of aryl methyl sites for hydroxylation is 2. The van der Waals surface area contributed by atoms with Gasteiger partial charge in [0.25, 0.3) is 0 Å². The number of hydrogen-bond donors (Lipinski definition) is 5. The normalized spacial score (nSPS) is 18.0. The van der Waals surface area contributed by atoms with Crippen molar-refractivity contribution in [2.75, 3.05) is 32.8 Å². The van der Waals surface area contributed by atoms with Crippen molar-refractivity contribution in [2.45, 2.75) is 110 Å². The number of amides is 2. The van der Waals surface area contributed by atoms with Crippen LogP contribution in [0.2, 0.25) is 0 Å². The molecule has 360 valence electrons. The van der Waals surface area contributed by atoms with E-state index in [1.54, 1.807) is 51.1 Å². The van der Waals surface area contributed by atoms with Gasteiger partial charge in [0.2, 0.25) is 11.8 Å². The van der Waals surface area contributed by atoms with Crippen molar-refractivity contribution >= 4 is 29.2 Å². The van der Waals surface area contributed by atoms with E-state index in [1.807, 2.05) is 36.4 Å². The van der Waals surface area contributed by atoms with Crippen LogP contribution in [-0.2, 0) is 25.6 Å². The average Bonchev–Trinajstić information content (AvgIpc) is 3.33. The van der Waals surface area contributed by atoms with E-state index < -0.39 is 41.5 Å². The van der Waals surface area contributed by atoms with E-state index in [0.29, 0.717) is 56.5 Å². The molecule has 16 heteroatoms. The summed E-state index contributed by atoms with van der Waals surface area (Å²) in [6.45, 7) is 5.87. The fraction of sp³-hybridized carbons (Fsp3) is 0.462. The lowest BCUT2D eigenvalue weighted by molar-refractivity contribution is -0.134. The lowest BCUT2D eigenvalue weighted by atomic mass is 9.88. The Morgan fingerprint density at radius 3 is 2.13 bits per heavy atom. The number of nitrogens with zero attached hydrogens (tertiary/aromatic N) is 3. The van der Waals surface area contributed by atoms with Gasteiger partial charge in [0.15, 0.2) is 23.2 Å². The Kier molecular flexibility index (Phi) is 18.3. The van der Waals surface area contributed by atoms with Crippen LogP contribution < -0.4 is 42.0 Å². The van der Waals surface area contributed by atoms with Gasteiger partial charge >= 0.3 is 0 Å². The summed E-state index contributed by atoms with van der Waals surface area (Å²) in [6, 6.07) is 17.7. The third-order valence-corrected chi connectivity index (χ3v) is 12.4. The number of ether oxygens (including phenoxy) is 3. The first kappa shape index (κ1) is 50.9. The number of nitriles is 1.